The molecule has 222 valence electrons. The Labute approximate surface area is 259 Å². The summed E-state index contributed by atoms with van der Waals surface area (Å²) in [6.07, 6.45) is 21.2. The molecule has 2 nitrogen and oxygen atoms in total. The Morgan fingerprint density at radius 3 is 2.42 bits per heavy atom. The Hall–Kier alpha value is -3.65. The maximum absolute atomic E-state index is 2.69. The minimum atomic E-state index is -0.0629. The summed E-state index contributed by atoms with van der Waals surface area (Å²) in [7, 11) is 0. The molecular weight excluding hydrogens is 520 g/mol. The van der Waals surface area contributed by atoms with Crippen molar-refractivity contribution in [3.63, 3.8) is 0 Å². The van der Waals surface area contributed by atoms with Gasteiger partial charge in [-0.2, -0.15) is 0 Å². The van der Waals surface area contributed by atoms with Crippen LogP contribution in [0, 0.1) is 5.41 Å². The van der Waals surface area contributed by atoms with Crippen LogP contribution in [0.3, 0.4) is 0 Å². The molecule has 6 rings (SSSR count). The molecule has 0 amide bonds. The van der Waals surface area contributed by atoms with E-state index >= 15 is 0 Å². The van der Waals surface area contributed by atoms with Crippen LogP contribution in [0.5, 0.6) is 0 Å². The van der Waals surface area contributed by atoms with E-state index < -0.39 is 0 Å². The molecule has 2 unspecified atom stereocenters. The Bertz CT molecular complexity index is 1660. The Balaban J connectivity index is 1.32. The van der Waals surface area contributed by atoms with Crippen molar-refractivity contribution >= 4 is 28.2 Å². The zero-order valence-electron chi connectivity index (χ0n) is 27.1. The van der Waals surface area contributed by atoms with E-state index in [1.807, 2.05) is 0 Å². The molecule has 3 aromatic rings. The van der Waals surface area contributed by atoms with E-state index in [2.05, 4.69) is 154 Å². The van der Waals surface area contributed by atoms with Crippen LogP contribution < -0.4 is 4.90 Å². The average Bonchev–Trinajstić information content (AvgIpc) is 3.37. The first-order chi connectivity index (χ1) is 20.8. The quantitative estimate of drug-likeness (QED) is 0.184. The number of nitrogens with zero attached hydrogens (tertiary/aromatic N) is 2. The SMILES string of the molecule is CCCCN1\C(=C/C=C/C=C/C2=[N+](CCCC)C3C=Cc4ccccc4C3C2(C)C)C(C)(C)c2c1ccc1ccccc21. The lowest BCUT2D eigenvalue weighted by molar-refractivity contribution is -0.548. The molecule has 2 heterocycles. The van der Waals surface area contributed by atoms with Crippen molar-refractivity contribution in [2.75, 3.05) is 18.0 Å². The lowest BCUT2D eigenvalue weighted by Gasteiger charge is -2.30. The van der Waals surface area contributed by atoms with E-state index in [1.54, 1.807) is 0 Å². The van der Waals surface area contributed by atoms with Gasteiger partial charge in [-0.15, -0.1) is 0 Å². The number of rotatable bonds is 9. The molecule has 0 saturated carbocycles. The summed E-state index contributed by atoms with van der Waals surface area (Å²) in [5, 5.41) is 2.70. The van der Waals surface area contributed by atoms with Crippen molar-refractivity contribution in [2.45, 2.75) is 84.6 Å². The summed E-state index contributed by atoms with van der Waals surface area (Å²) in [6, 6.07) is 22.9. The van der Waals surface area contributed by atoms with Gasteiger partial charge >= 0.3 is 0 Å². The number of allylic oxidation sites excluding steroid dienone is 6. The molecule has 3 aromatic carbocycles. The van der Waals surface area contributed by atoms with Gasteiger partial charge in [-0.25, -0.2) is 4.58 Å². The Morgan fingerprint density at radius 2 is 1.60 bits per heavy atom. The van der Waals surface area contributed by atoms with Crippen molar-refractivity contribution in [3.05, 3.63) is 120 Å². The second-order valence-corrected chi connectivity index (χ2v) is 13.7. The van der Waals surface area contributed by atoms with Crippen LogP contribution in [0.25, 0.3) is 16.8 Å². The lowest BCUT2D eigenvalue weighted by atomic mass is 9.68. The van der Waals surface area contributed by atoms with Crippen molar-refractivity contribution in [1.82, 2.24) is 0 Å². The molecule has 0 radical (unpaired) electrons. The van der Waals surface area contributed by atoms with Crippen LogP contribution >= 0.6 is 0 Å². The van der Waals surface area contributed by atoms with E-state index in [9.17, 15) is 0 Å². The lowest BCUT2D eigenvalue weighted by Crippen LogP contribution is -2.31. The number of hydrogen-bond acceptors (Lipinski definition) is 1. The summed E-state index contributed by atoms with van der Waals surface area (Å²) in [4.78, 5) is 2.58. The third-order valence-electron chi connectivity index (χ3n) is 10.2. The normalized spacial score (nSPS) is 22.7. The molecule has 3 aliphatic rings. The van der Waals surface area contributed by atoms with Gasteiger partial charge in [0.25, 0.3) is 0 Å². The highest BCUT2D eigenvalue weighted by molar-refractivity contribution is 5.98. The first-order valence-corrected chi connectivity index (χ1v) is 16.6. The first-order valence-electron chi connectivity index (χ1n) is 16.6. The van der Waals surface area contributed by atoms with Crippen LogP contribution in [-0.2, 0) is 5.41 Å². The highest BCUT2D eigenvalue weighted by atomic mass is 15.2. The molecule has 0 aromatic heterocycles. The third-order valence-corrected chi connectivity index (χ3v) is 10.2. The third kappa shape index (κ3) is 5.03. The predicted octanol–water partition coefficient (Wildman–Crippen LogP) is 10.2. The van der Waals surface area contributed by atoms with Crippen molar-refractivity contribution in [2.24, 2.45) is 5.41 Å². The van der Waals surface area contributed by atoms with Crippen LogP contribution in [0.1, 0.15) is 89.8 Å². The maximum atomic E-state index is 2.69. The number of hydrogen-bond donors (Lipinski definition) is 0. The van der Waals surface area contributed by atoms with Crippen LogP contribution in [-0.4, -0.2) is 29.4 Å². The van der Waals surface area contributed by atoms with E-state index in [4.69, 9.17) is 0 Å². The fourth-order valence-corrected chi connectivity index (χ4v) is 8.09. The van der Waals surface area contributed by atoms with E-state index in [0.717, 1.165) is 13.1 Å². The Morgan fingerprint density at radius 1 is 0.837 bits per heavy atom. The zero-order chi connectivity index (χ0) is 30.2. The molecule has 0 bridgehead atoms. The van der Waals surface area contributed by atoms with Crippen LogP contribution in [0.15, 0.2) is 103 Å². The van der Waals surface area contributed by atoms with E-state index in [-0.39, 0.29) is 10.8 Å². The fourth-order valence-electron chi connectivity index (χ4n) is 8.09. The maximum Gasteiger partial charge on any atom is 0.183 e. The van der Waals surface area contributed by atoms with Gasteiger partial charge in [0.2, 0.25) is 0 Å². The van der Waals surface area contributed by atoms with Crippen LogP contribution in [0.2, 0.25) is 0 Å². The fraction of sp³-hybridized carbons (Fsp3) is 0.390. The molecule has 2 aliphatic heterocycles. The van der Waals surface area contributed by atoms with Gasteiger partial charge in [-0.1, -0.05) is 119 Å². The molecule has 43 heavy (non-hydrogen) atoms. The van der Waals surface area contributed by atoms with Gasteiger partial charge in [-0.3, -0.25) is 0 Å². The Kier molecular flexibility index (Phi) is 8.07. The van der Waals surface area contributed by atoms with Crippen molar-refractivity contribution < 1.29 is 4.58 Å². The van der Waals surface area contributed by atoms with Crippen molar-refractivity contribution in [3.8, 4) is 0 Å². The van der Waals surface area contributed by atoms with Gasteiger partial charge in [0, 0.05) is 35.8 Å². The zero-order valence-corrected chi connectivity index (χ0v) is 27.1. The monoisotopic (exact) mass is 569 g/mol. The van der Waals surface area contributed by atoms with Gasteiger partial charge in [-0.05, 0) is 65.9 Å². The van der Waals surface area contributed by atoms with Gasteiger partial charge in [0.15, 0.2) is 11.8 Å². The second kappa shape index (κ2) is 11.8. The number of fused-ring (bicyclic) bond motifs is 6. The highest BCUT2D eigenvalue weighted by Gasteiger charge is 2.54. The molecule has 2 atom stereocenters. The summed E-state index contributed by atoms with van der Waals surface area (Å²) in [5.74, 6) is 0.469. The minimum absolute atomic E-state index is 0.0508. The highest BCUT2D eigenvalue weighted by Crippen LogP contribution is 2.51. The molecule has 0 N–H and O–H groups in total. The van der Waals surface area contributed by atoms with Gasteiger partial charge in [0.05, 0.1) is 11.3 Å². The van der Waals surface area contributed by atoms with E-state index in [0.29, 0.717) is 12.0 Å². The summed E-state index contributed by atoms with van der Waals surface area (Å²) >= 11 is 0. The van der Waals surface area contributed by atoms with E-state index in [1.165, 1.54) is 70.2 Å². The smallest absolute Gasteiger partial charge is 0.183 e. The standard InChI is InChI=1S/C41H49N2/c1-7-9-28-42-34-26-24-30-18-14-16-20-32(30)38(34)40(3,4)36(42)22-12-11-13-23-37-41(5,6)39-33-21-17-15-19-31(33)25-27-35(39)43(37)29-10-8-2/h11-27,34,38H,7-10,28-29H2,1-6H3/q+1. The molecule has 0 spiro atoms. The molecule has 1 aliphatic carbocycles. The largest absolute Gasteiger partial charge is 0.344 e. The van der Waals surface area contributed by atoms with Crippen molar-refractivity contribution in [1.29, 1.82) is 0 Å². The predicted molar refractivity (Wildman–Crippen MR) is 186 cm³/mol. The molecular formula is C41H49N2+. The summed E-state index contributed by atoms with van der Waals surface area (Å²) in [5.41, 5.74) is 8.54. The minimum Gasteiger partial charge on any atom is -0.344 e. The number of benzene rings is 3. The average molecular weight is 570 g/mol. The molecule has 0 fully saturated rings. The summed E-state index contributed by atoms with van der Waals surface area (Å²) in [6.45, 7) is 16.4. The van der Waals surface area contributed by atoms with Gasteiger partial charge < -0.3 is 4.90 Å². The number of unbranched alkanes of at least 4 members (excludes halogenated alkanes) is 2. The molecule has 2 heteroatoms. The van der Waals surface area contributed by atoms with Gasteiger partial charge in [0.1, 0.15) is 6.54 Å². The number of anilines is 1. The molecule has 0 saturated heterocycles. The topological polar surface area (TPSA) is 6.25 Å². The first kappa shape index (κ1) is 29.4. The van der Waals surface area contributed by atoms with Crippen LogP contribution in [0.4, 0.5) is 5.69 Å². The second-order valence-electron chi connectivity index (χ2n) is 13.7. The summed E-state index contributed by atoms with van der Waals surface area (Å²) < 4.78 is 2.69.